The first-order chi connectivity index (χ1) is 9.06. The van der Waals surface area contributed by atoms with Crippen molar-refractivity contribution in [3.05, 3.63) is 36.7 Å². The van der Waals surface area contributed by atoms with Gasteiger partial charge in [-0.25, -0.2) is 8.42 Å². The Morgan fingerprint density at radius 1 is 1.32 bits per heavy atom. The zero-order valence-corrected chi connectivity index (χ0v) is 10.8. The maximum absolute atomic E-state index is 12.1. The minimum atomic E-state index is -3.67. The zero-order chi connectivity index (χ0) is 13.5. The third-order valence-electron chi connectivity index (χ3n) is 2.69. The lowest BCUT2D eigenvalue weighted by molar-refractivity contribution is 0.601. The summed E-state index contributed by atoms with van der Waals surface area (Å²) in [5, 5.41) is 11.3. The highest BCUT2D eigenvalue weighted by Crippen LogP contribution is 2.22. The van der Waals surface area contributed by atoms with Crippen molar-refractivity contribution >= 4 is 26.7 Å². The van der Waals surface area contributed by atoms with E-state index in [1.54, 1.807) is 13.1 Å². The van der Waals surface area contributed by atoms with Crippen LogP contribution in [0.5, 0.6) is 0 Å². The SMILES string of the molecule is Cn1cc(S(=O)(=O)Nc2n[nH]c3ccccc23)cn1. The first kappa shape index (κ1) is 11.7. The van der Waals surface area contributed by atoms with Crippen molar-refractivity contribution in [2.75, 3.05) is 4.72 Å². The van der Waals surface area contributed by atoms with Crippen LogP contribution < -0.4 is 4.72 Å². The van der Waals surface area contributed by atoms with E-state index in [9.17, 15) is 8.42 Å². The van der Waals surface area contributed by atoms with E-state index >= 15 is 0 Å². The monoisotopic (exact) mass is 277 g/mol. The lowest BCUT2D eigenvalue weighted by Gasteiger charge is -2.02. The molecule has 0 aliphatic carbocycles. The second-order valence-electron chi connectivity index (χ2n) is 4.07. The Morgan fingerprint density at radius 2 is 2.11 bits per heavy atom. The molecule has 0 unspecified atom stereocenters. The van der Waals surface area contributed by atoms with Gasteiger partial charge in [-0.05, 0) is 12.1 Å². The van der Waals surface area contributed by atoms with Crippen molar-refractivity contribution in [2.45, 2.75) is 4.90 Å². The van der Waals surface area contributed by atoms with Gasteiger partial charge < -0.3 is 0 Å². The van der Waals surface area contributed by atoms with Crippen LogP contribution in [0.2, 0.25) is 0 Å². The van der Waals surface area contributed by atoms with E-state index in [-0.39, 0.29) is 10.7 Å². The van der Waals surface area contributed by atoms with Crippen LogP contribution in [0.4, 0.5) is 5.82 Å². The van der Waals surface area contributed by atoms with E-state index in [0.29, 0.717) is 0 Å². The molecule has 0 saturated heterocycles. The summed E-state index contributed by atoms with van der Waals surface area (Å²) < 4.78 is 28.2. The molecule has 0 aliphatic heterocycles. The number of H-pyrrole nitrogens is 1. The Kier molecular flexibility index (Phi) is 2.53. The number of hydrogen-bond acceptors (Lipinski definition) is 4. The van der Waals surface area contributed by atoms with Gasteiger partial charge in [0.2, 0.25) is 0 Å². The van der Waals surface area contributed by atoms with Crippen LogP contribution in [0.1, 0.15) is 0 Å². The summed E-state index contributed by atoms with van der Waals surface area (Å²) in [6.07, 6.45) is 2.72. The van der Waals surface area contributed by atoms with Gasteiger partial charge in [-0.3, -0.25) is 14.5 Å². The summed E-state index contributed by atoms with van der Waals surface area (Å²) >= 11 is 0. The number of nitrogens with zero attached hydrogens (tertiary/aromatic N) is 3. The average Bonchev–Trinajstić information content (AvgIpc) is 2.97. The van der Waals surface area contributed by atoms with Gasteiger partial charge in [0.15, 0.2) is 5.82 Å². The normalized spacial score (nSPS) is 11.8. The molecule has 98 valence electrons. The molecule has 0 atom stereocenters. The molecule has 1 aromatic carbocycles. The number of aromatic nitrogens is 4. The van der Waals surface area contributed by atoms with Crippen molar-refractivity contribution in [1.29, 1.82) is 0 Å². The highest BCUT2D eigenvalue weighted by atomic mass is 32.2. The zero-order valence-electron chi connectivity index (χ0n) is 10.0. The average molecular weight is 277 g/mol. The highest BCUT2D eigenvalue weighted by molar-refractivity contribution is 7.92. The summed E-state index contributed by atoms with van der Waals surface area (Å²) in [4.78, 5) is 0.0991. The Morgan fingerprint density at radius 3 is 2.84 bits per heavy atom. The first-order valence-corrected chi connectivity index (χ1v) is 6.99. The third-order valence-corrected chi connectivity index (χ3v) is 3.99. The number of fused-ring (bicyclic) bond motifs is 1. The van der Waals surface area contributed by atoms with Crippen molar-refractivity contribution in [2.24, 2.45) is 7.05 Å². The first-order valence-electron chi connectivity index (χ1n) is 5.51. The van der Waals surface area contributed by atoms with Crippen LogP contribution in [-0.4, -0.2) is 28.4 Å². The molecule has 0 amide bonds. The van der Waals surface area contributed by atoms with Gasteiger partial charge in [0.1, 0.15) is 4.90 Å². The number of sulfonamides is 1. The molecule has 7 nitrogen and oxygen atoms in total. The highest BCUT2D eigenvalue weighted by Gasteiger charge is 2.18. The number of hydrogen-bond donors (Lipinski definition) is 2. The van der Waals surface area contributed by atoms with Crippen molar-refractivity contribution < 1.29 is 8.42 Å². The van der Waals surface area contributed by atoms with Crippen molar-refractivity contribution in [3.8, 4) is 0 Å². The number of nitrogens with one attached hydrogen (secondary N) is 2. The molecule has 0 aliphatic rings. The van der Waals surface area contributed by atoms with Crippen LogP contribution in [0.25, 0.3) is 10.9 Å². The minimum Gasteiger partial charge on any atom is -0.276 e. The number of para-hydroxylation sites is 1. The van der Waals surface area contributed by atoms with E-state index in [4.69, 9.17) is 0 Å². The Labute approximate surface area is 109 Å². The fourth-order valence-electron chi connectivity index (χ4n) is 1.77. The molecule has 2 heterocycles. The summed E-state index contributed by atoms with van der Waals surface area (Å²) in [6, 6.07) is 7.28. The van der Waals surface area contributed by atoms with Crippen molar-refractivity contribution in [1.82, 2.24) is 20.0 Å². The molecule has 0 radical (unpaired) electrons. The van der Waals surface area contributed by atoms with Gasteiger partial charge in [-0.15, -0.1) is 0 Å². The molecule has 0 fully saturated rings. The third kappa shape index (κ3) is 2.06. The second kappa shape index (κ2) is 4.09. The lowest BCUT2D eigenvalue weighted by Crippen LogP contribution is -2.12. The predicted molar refractivity (Wildman–Crippen MR) is 70.1 cm³/mol. The second-order valence-corrected chi connectivity index (χ2v) is 5.76. The quantitative estimate of drug-likeness (QED) is 0.749. The van der Waals surface area contributed by atoms with E-state index < -0.39 is 10.0 Å². The number of benzene rings is 1. The number of rotatable bonds is 3. The molecular formula is C11H11N5O2S. The Balaban J connectivity index is 2.01. The molecule has 3 aromatic rings. The van der Waals surface area contributed by atoms with Gasteiger partial charge in [0, 0.05) is 18.6 Å². The van der Waals surface area contributed by atoms with Gasteiger partial charge in [0.25, 0.3) is 10.0 Å². The van der Waals surface area contributed by atoms with Crippen molar-refractivity contribution in [3.63, 3.8) is 0 Å². The van der Waals surface area contributed by atoms with E-state index in [1.165, 1.54) is 17.1 Å². The standard InChI is InChI=1S/C11H11N5O2S/c1-16-7-8(6-12-16)19(17,18)15-11-9-4-2-3-5-10(9)13-14-11/h2-7H,1H3,(H2,13,14,15). The summed E-state index contributed by atoms with van der Waals surface area (Å²) in [7, 11) is -2.01. The van der Waals surface area contributed by atoms with Gasteiger partial charge in [0.05, 0.1) is 11.7 Å². The van der Waals surface area contributed by atoms with E-state index in [0.717, 1.165) is 10.9 Å². The summed E-state index contributed by atoms with van der Waals surface area (Å²) in [6.45, 7) is 0. The predicted octanol–water partition coefficient (Wildman–Crippen LogP) is 1.10. The largest absolute Gasteiger partial charge is 0.276 e. The van der Waals surface area contributed by atoms with Crippen LogP contribution in [0, 0.1) is 0 Å². The fraction of sp³-hybridized carbons (Fsp3) is 0.0909. The number of anilines is 1. The Hall–Kier alpha value is -2.35. The Bertz CT molecular complexity index is 834. The summed E-state index contributed by atoms with van der Waals surface area (Å²) in [5.41, 5.74) is 0.770. The molecule has 19 heavy (non-hydrogen) atoms. The van der Waals surface area contributed by atoms with Crippen LogP contribution in [-0.2, 0) is 17.1 Å². The van der Waals surface area contributed by atoms with Crippen LogP contribution in [0.3, 0.4) is 0 Å². The van der Waals surface area contributed by atoms with Gasteiger partial charge in [-0.1, -0.05) is 12.1 Å². The molecule has 2 aromatic heterocycles. The molecule has 0 bridgehead atoms. The molecule has 0 spiro atoms. The maximum Gasteiger partial charge on any atom is 0.266 e. The molecular weight excluding hydrogens is 266 g/mol. The molecule has 2 N–H and O–H groups in total. The van der Waals surface area contributed by atoms with E-state index in [1.807, 2.05) is 18.2 Å². The molecule has 0 saturated carbocycles. The van der Waals surface area contributed by atoms with Gasteiger partial charge in [-0.2, -0.15) is 10.2 Å². The van der Waals surface area contributed by atoms with Gasteiger partial charge >= 0.3 is 0 Å². The smallest absolute Gasteiger partial charge is 0.266 e. The topological polar surface area (TPSA) is 92.7 Å². The maximum atomic E-state index is 12.1. The number of aryl methyl sites for hydroxylation is 1. The minimum absolute atomic E-state index is 0.0991. The fourth-order valence-corrected chi connectivity index (χ4v) is 2.77. The van der Waals surface area contributed by atoms with E-state index in [2.05, 4.69) is 20.0 Å². The summed E-state index contributed by atoms with van der Waals surface area (Å²) in [5.74, 6) is 0.277. The lowest BCUT2D eigenvalue weighted by atomic mass is 10.2. The molecule has 3 rings (SSSR count). The van der Waals surface area contributed by atoms with Crippen LogP contribution >= 0.6 is 0 Å². The van der Waals surface area contributed by atoms with Crippen LogP contribution in [0.15, 0.2) is 41.6 Å². The number of aromatic amines is 1. The molecule has 8 heteroatoms.